The minimum atomic E-state index is -0.0547. The molecule has 2 unspecified atom stereocenters. The van der Waals surface area contributed by atoms with Gasteiger partial charge in [-0.05, 0) is 26.3 Å². The van der Waals surface area contributed by atoms with Crippen molar-refractivity contribution in [1.82, 2.24) is 14.9 Å². The molecule has 0 aliphatic carbocycles. The number of aromatic nitrogens is 2. The highest BCUT2D eigenvalue weighted by molar-refractivity contribution is 7.17. The zero-order valence-electron chi connectivity index (χ0n) is 16.2. The van der Waals surface area contributed by atoms with E-state index in [4.69, 9.17) is 9.47 Å². The summed E-state index contributed by atoms with van der Waals surface area (Å²) >= 11 is 1.55. The van der Waals surface area contributed by atoms with E-state index in [1.54, 1.807) is 16.2 Å². The van der Waals surface area contributed by atoms with Gasteiger partial charge in [0.05, 0.1) is 17.6 Å². The molecule has 1 aliphatic rings. The number of hydrogen-bond acceptors (Lipinski definition) is 6. The van der Waals surface area contributed by atoms with Crippen molar-refractivity contribution in [3.05, 3.63) is 41.5 Å². The number of rotatable bonds is 4. The van der Waals surface area contributed by atoms with E-state index >= 15 is 0 Å². The second-order valence-electron chi connectivity index (χ2n) is 7.22. The van der Waals surface area contributed by atoms with E-state index in [0.29, 0.717) is 19.0 Å². The largest absolute Gasteiger partial charge is 0.467 e. The van der Waals surface area contributed by atoms with E-state index < -0.39 is 0 Å². The Morgan fingerprint density at radius 1 is 1.21 bits per heavy atom. The average molecular weight is 398 g/mol. The van der Waals surface area contributed by atoms with Gasteiger partial charge in [0.1, 0.15) is 11.2 Å². The van der Waals surface area contributed by atoms with Crippen LogP contribution in [0.4, 0.5) is 0 Å². The Bertz CT molecular complexity index is 976. The van der Waals surface area contributed by atoms with Crippen LogP contribution in [0.1, 0.15) is 19.4 Å². The van der Waals surface area contributed by atoms with Crippen LogP contribution in [0.25, 0.3) is 21.3 Å². The highest BCUT2D eigenvalue weighted by Crippen LogP contribution is 2.37. The first-order chi connectivity index (χ1) is 13.5. The van der Waals surface area contributed by atoms with Crippen molar-refractivity contribution in [1.29, 1.82) is 0 Å². The lowest BCUT2D eigenvalue weighted by atomic mass is 10.0. The molecule has 0 saturated carbocycles. The van der Waals surface area contributed by atoms with Gasteiger partial charge < -0.3 is 14.4 Å². The number of hydrogen-bond donors (Lipinski definition) is 0. The number of benzene rings is 1. The smallest absolute Gasteiger partial charge is 0.260 e. The normalized spacial score (nSPS) is 19.8. The van der Waals surface area contributed by atoms with Crippen LogP contribution in [0.5, 0.6) is 5.88 Å². The fraction of sp³-hybridized carbons (Fsp3) is 0.381. The zero-order valence-corrected chi connectivity index (χ0v) is 17.0. The highest BCUT2D eigenvalue weighted by atomic mass is 32.1. The Kier molecular flexibility index (Phi) is 5.28. The zero-order chi connectivity index (χ0) is 19.7. The molecule has 1 aliphatic heterocycles. The van der Waals surface area contributed by atoms with Gasteiger partial charge in [0.2, 0.25) is 5.88 Å². The summed E-state index contributed by atoms with van der Waals surface area (Å²) < 4.78 is 11.6. The van der Waals surface area contributed by atoms with E-state index in [-0.39, 0.29) is 24.7 Å². The molecule has 0 bridgehead atoms. The third-order valence-electron chi connectivity index (χ3n) is 4.80. The molecule has 3 aromatic rings. The first-order valence-electron chi connectivity index (χ1n) is 9.36. The van der Waals surface area contributed by atoms with Crippen LogP contribution in [0, 0.1) is 6.92 Å². The molecule has 1 saturated heterocycles. The van der Waals surface area contributed by atoms with Gasteiger partial charge in [0.15, 0.2) is 6.61 Å². The van der Waals surface area contributed by atoms with Crippen LogP contribution < -0.4 is 4.74 Å². The maximum Gasteiger partial charge on any atom is 0.260 e. The standard InChI is InChI=1S/C21H23N3O3S/c1-13-4-6-16(7-5-13)17-11-28-21-19(17)20(22-12-23-21)26-10-18(25)24-8-14(2)27-15(3)9-24/h4-7,11-12,14-15H,8-10H2,1-3H3. The summed E-state index contributed by atoms with van der Waals surface area (Å²) in [5, 5.41) is 2.91. The molecule has 7 heteroatoms. The Morgan fingerprint density at radius 3 is 2.64 bits per heavy atom. The van der Waals surface area contributed by atoms with Crippen molar-refractivity contribution in [3.63, 3.8) is 0 Å². The van der Waals surface area contributed by atoms with Crippen LogP contribution in [0.3, 0.4) is 0 Å². The third-order valence-corrected chi connectivity index (χ3v) is 5.69. The molecule has 1 fully saturated rings. The van der Waals surface area contributed by atoms with Gasteiger partial charge in [0.25, 0.3) is 5.91 Å². The Balaban J connectivity index is 1.56. The van der Waals surface area contributed by atoms with E-state index in [9.17, 15) is 4.79 Å². The number of fused-ring (bicyclic) bond motifs is 1. The molecule has 4 rings (SSSR count). The summed E-state index contributed by atoms with van der Waals surface area (Å²) in [5.41, 5.74) is 3.31. The topological polar surface area (TPSA) is 64.6 Å². The number of carbonyl (C=O) groups is 1. The SMILES string of the molecule is Cc1ccc(-c2csc3ncnc(OCC(=O)N4CC(C)OC(C)C4)c23)cc1. The molecule has 1 aromatic carbocycles. The summed E-state index contributed by atoms with van der Waals surface area (Å²) in [5.74, 6) is 0.394. The minimum Gasteiger partial charge on any atom is -0.467 e. The lowest BCUT2D eigenvalue weighted by Crippen LogP contribution is -2.49. The van der Waals surface area contributed by atoms with Crippen molar-refractivity contribution < 1.29 is 14.3 Å². The van der Waals surface area contributed by atoms with Crippen LogP contribution in [-0.4, -0.2) is 52.7 Å². The quantitative estimate of drug-likeness (QED) is 0.672. The second kappa shape index (κ2) is 7.85. The summed E-state index contributed by atoms with van der Waals surface area (Å²) in [4.78, 5) is 23.9. The second-order valence-corrected chi connectivity index (χ2v) is 8.08. The summed E-state index contributed by atoms with van der Waals surface area (Å²) in [6.07, 6.45) is 1.54. The average Bonchev–Trinajstić information content (AvgIpc) is 3.10. The third kappa shape index (κ3) is 3.86. The van der Waals surface area contributed by atoms with Gasteiger partial charge in [0, 0.05) is 24.0 Å². The Labute approximate surface area is 168 Å². The molecule has 146 valence electrons. The molecule has 2 atom stereocenters. The highest BCUT2D eigenvalue weighted by Gasteiger charge is 2.26. The van der Waals surface area contributed by atoms with Gasteiger partial charge >= 0.3 is 0 Å². The van der Waals surface area contributed by atoms with E-state index in [1.165, 1.54) is 11.9 Å². The molecule has 1 amide bonds. The number of morpholine rings is 1. The number of nitrogens with zero attached hydrogens (tertiary/aromatic N) is 3. The van der Waals surface area contributed by atoms with Gasteiger partial charge in [-0.15, -0.1) is 11.3 Å². The summed E-state index contributed by atoms with van der Waals surface area (Å²) in [6.45, 7) is 7.13. The van der Waals surface area contributed by atoms with Crippen molar-refractivity contribution >= 4 is 27.5 Å². The van der Waals surface area contributed by atoms with Gasteiger partial charge in [-0.25, -0.2) is 9.97 Å². The minimum absolute atomic E-state index is 0.0310. The fourth-order valence-corrected chi connectivity index (χ4v) is 4.41. The van der Waals surface area contributed by atoms with Gasteiger partial charge in [-0.2, -0.15) is 0 Å². The Morgan fingerprint density at radius 2 is 1.93 bits per heavy atom. The van der Waals surface area contributed by atoms with E-state index in [2.05, 4.69) is 46.5 Å². The van der Waals surface area contributed by atoms with Crippen LogP contribution in [0.2, 0.25) is 0 Å². The number of aryl methyl sites for hydroxylation is 1. The maximum atomic E-state index is 12.6. The molecular formula is C21H23N3O3S. The molecule has 0 N–H and O–H groups in total. The molecule has 3 heterocycles. The molecule has 28 heavy (non-hydrogen) atoms. The van der Waals surface area contributed by atoms with Crippen molar-refractivity contribution in [2.24, 2.45) is 0 Å². The van der Waals surface area contributed by atoms with E-state index in [1.807, 2.05) is 13.8 Å². The van der Waals surface area contributed by atoms with Crippen molar-refractivity contribution in [2.75, 3.05) is 19.7 Å². The molecule has 0 spiro atoms. The first kappa shape index (κ1) is 18.8. The lowest BCUT2D eigenvalue weighted by Gasteiger charge is -2.35. The first-order valence-corrected chi connectivity index (χ1v) is 10.2. The van der Waals surface area contributed by atoms with Gasteiger partial charge in [-0.1, -0.05) is 29.8 Å². The molecule has 0 radical (unpaired) electrons. The number of thiophene rings is 1. The fourth-order valence-electron chi connectivity index (χ4n) is 3.51. The molecule has 6 nitrogen and oxygen atoms in total. The predicted octanol–water partition coefficient (Wildman–Crippen LogP) is 3.68. The van der Waals surface area contributed by atoms with Gasteiger partial charge in [-0.3, -0.25) is 4.79 Å². The van der Waals surface area contributed by atoms with Crippen LogP contribution >= 0.6 is 11.3 Å². The molecule has 2 aromatic heterocycles. The maximum absolute atomic E-state index is 12.6. The number of carbonyl (C=O) groups excluding carboxylic acids is 1. The van der Waals surface area contributed by atoms with E-state index in [0.717, 1.165) is 21.3 Å². The number of ether oxygens (including phenoxy) is 2. The summed E-state index contributed by atoms with van der Waals surface area (Å²) in [7, 11) is 0. The monoisotopic (exact) mass is 397 g/mol. The lowest BCUT2D eigenvalue weighted by molar-refractivity contribution is -0.145. The van der Waals surface area contributed by atoms with Crippen LogP contribution in [-0.2, 0) is 9.53 Å². The number of amides is 1. The van der Waals surface area contributed by atoms with Crippen molar-refractivity contribution in [3.8, 4) is 17.0 Å². The van der Waals surface area contributed by atoms with Crippen LogP contribution in [0.15, 0.2) is 36.0 Å². The van der Waals surface area contributed by atoms with Crippen molar-refractivity contribution in [2.45, 2.75) is 33.0 Å². The molecular weight excluding hydrogens is 374 g/mol. The predicted molar refractivity (Wildman–Crippen MR) is 110 cm³/mol. The summed E-state index contributed by atoms with van der Waals surface area (Å²) in [6, 6.07) is 8.31. The Hall–Kier alpha value is -2.51.